The molecule has 4 nitrogen and oxygen atoms in total. The lowest BCUT2D eigenvalue weighted by atomic mass is 10.4. The van der Waals surface area contributed by atoms with E-state index in [0.29, 0.717) is 0 Å². The standard InChI is InChI=1S/C6H10N2.C5H11NO/c1-3-8-5-6(2)4-7-8;1-6-2-4-7-5-3-6/h4-5H,3H2,1-2H3;2-5H2,1H3. The van der Waals surface area contributed by atoms with Crippen molar-refractivity contribution in [3.8, 4) is 0 Å². The molecule has 86 valence electrons. The van der Waals surface area contributed by atoms with E-state index < -0.39 is 0 Å². The highest BCUT2D eigenvalue weighted by Crippen LogP contribution is 1.92. The molecule has 1 saturated heterocycles. The molecule has 0 N–H and O–H groups in total. The molecule has 0 atom stereocenters. The van der Waals surface area contributed by atoms with Gasteiger partial charge in [0.25, 0.3) is 0 Å². The summed E-state index contributed by atoms with van der Waals surface area (Å²) in [6, 6.07) is 0. The Balaban J connectivity index is 0.000000151. The first kappa shape index (κ1) is 12.2. The van der Waals surface area contributed by atoms with E-state index in [0.717, 1.165) is 32.8 Å². The van der Waals surface area contributed by atoms with E-state index in [1.54, 1.807) is 0 Å². The smallest absolute Gasteiger partial charge is 0.0594 e. The average molecular weight is 211 g/mol. The van der Waals surface area contributed by atoms with Gasteiger partial charge < -0.3 is 9.64 Å². The zero-order valence-corrected chi connectivity index (χ0v) is 9.94. The van der Waals surface area contributed by atoms with Gasteiger partial charge >= 0.3 is 0 Å². The van der Waals surface area contributed by atoms with E-state index in [1.807, 2.05) is 24.0 Å². The van der Waals surface area contributed by atoms with Crippen molar-refractivity contribution in [2.75, 3.05) is 33.4 Å². The third kappa shape index (κ3) is 4.95. The van der Waals surface area contributed by atoms with Crippen molar-refractivity contribution >= 4 is 0 Å². The molecule has 0 amide bonds. The Kier molecular flexibility index (Phi) is 5.36. The van der Waals surface area contributed by atoms with E-state index in [2.05, 4.69) is 24.0 Å². The van der Waals surface area contributed by atoms with Crippen molar-refractivity contribution in [3.63, 3.8) is 0 Å². The molecule has 0 saturated carbocycles. The summed E-state index contributed by atoms with van der Waals surface area (Å²) in [7, 11) is 2.11. The predicted molar refractivity (Wildman–Crippen MR) is 61.0 cm³/mol. The summed E-state index contributed by atoms with van der Waals surface area (Å²) in [5, 5.41) is 4.05. The molecule has 0 radical (unpaired) electrons. The minimum atomic E-state index is 0.913. The highest BCUT2D eigenvalue weighted by atomic mass is 16.5. The second kappa shape index (κ2) is 6.58. The molecule has 0 spiro atoms. The Hall–Kier alpha value is -0.870. The minimum absolute atomic E-state index is 0.913. The van der Waals surface area contributed by atoms with Crippen LogP contribution in [-0.4, -0.2) is 48.0 Å². The highest BCUT2D eigenvalue weighted by molar-refractivity contribution is 4.98. The summed E-state index contributed by atoms with van der Waals surface area (Å²) in [6.07, 6.45) is 3.89. The number of rotatable bonds is 1. The number of nitrogens with zero attached hydrogens (tertiary/aromatic N) is 3. The second-order valence-electron chi connectivity index (χ2n) is 3.79. The summed E-state index contributed by atoms with van der Waals surface area (Å²) in [5.74, 6) is 0. The van der Waals surface area contributed by atoms with Crippen LogP contribution in [0.25, 0.3) is 0 Å². The maximum Gasteiger partial charge on any atom is 0.0594 e. The molecular formula is C11H21N3O. The number of hydrogen-bond acceptors (Lipinski definition) is 3. The van der Waals surface area contributed by atoms with Gasteiger partial charge in [-0.1, -0.05) is 0 Å². The van der Waals surface area contributed by atoms with Crippen LogP contribution in [0.2, 0.25) is 0 Å². The van der Waals surface area contributed by atoms with Gasteiger partial charge in [-0.15, -0.1) is 0 Å². The second-order valence-corrected chi connectivity index (χ2v) is 3.79. The first-order chi connectivity index (χ1) is 7.22. The first-order valence-corrected chi connectivity index (χ1v) is 5.47. The third-order valence-electron chi connectivity index (χ3n) is 2.32. The molecule has 1 fully saturated rings. The van der Waals surface area contributed by atoms with E-state index in [1.165, 1.54) is 5.56 Å². The van der Waals surface area contributed by atoms with Crippen LogP contribution in [0, 0.1) is 6.92 Å². The Morgan fingerprint density at radius 3 is 2.33 bits per heavy atom. The summed E-state index contributed by atoms with van der Waals surface area (Å²) in [5.41, 5.74) is 1.23. The third-order valence-corrected chi connectivity index (χ3v) is 2.32. The van der Waals surface area contributed by atoms with Gasteiger partial charge in [0.2, 0.25) is 0 Å². The monoisotopic (exact) mass is 211 g/mol. The van der Waals surface area contributed by atoms with Crippen LogP contribution in [0.4, 0.5) is 0 Å². The lowest BCUT2D eigenvalue weighted by Gasteiger charge is -2.21. The van der Waals surface area contributed by atoms with Crippen LogP contribution in [-0.2, 0) is 11.3 Å². The minimum Gasteiger partial charge on any atom is -0.379 e. The number of ether oxygens (including phenoxy) is 1. The fourth-order valence-electron chi connectivity index (χ4n) is 1.29. The van der Waals surface area contributed by atoms with Crippen LogP contribution in [0.1, 0.15) is 12.5 Å². The van der Waals surface area contributed by atoms with Gasteiger partial charge in [-0.3, -0.25) is 4.68 Å². The van der Waals surface area contributed by atoms with E-state index in [4.69, 9.17) is 4.74 Å². The summed E-state index contributed by atoms with van der Waals surface area (Å²) in [4.78, 5) is 2.27. The Morgan fingerprint density at radius 2 is 2.07 bits per heavy atom. The predicted octanol–water partition coefficient (Wildman–Crippen LogP) is 1.16. The molecule has 1 aliphatic heterocycles. The van der Waals surface area contributed by atoms with Gasteiger partial charge in [0.15, 0.2) is 0 Å². The lowest BCUT2D eigenvalue weighted by Crippen LogP contribution is -2.32. The Labute approximate surface area is 91.8 Å². The quantitative estimate of drug-likeness (QED) is 0.698. The molecular weight excluding hydrogens is 190 g/mol. The van der Waals surface area contributed by atoms with Crippen LogP contribution in [0.15, 0.2) is 12.4 Å². The Morgan fingerprint density at radius 1 is 1.40 bits per heavy atom. The van der Waals surface area contributed by atoms with Crippen LogP contribution >= 0.6 is 0 Å². The average Bonchev–Trinajstić information content (AvgIpc) is 2.66. The SMILES string of the molecule is CCn1cc(C)cn1.CN1CCOCC1. The maximum absolute atomic E-state index is 5.10. The lowest BCUT2D eigenvalue weighted by molar-refractivity contribution is 0.0503. The summed E-state index contributed by atoms with van der Waals surface area (Å²) in [6.45, 7) is 9.10. The molecule has 0 unspecified atom stereocenters. The molecule has 2 rings (SSSR count). The molecule has 4 heteroatoms. The Bertz CT molecular complexity index is 267. The van der Waals surface area contributed by atoms with Crippen LogP contribution < -0.4 is 0 Å². The van der Waals surface area contributed by atoms with E-state index in [-0.39, 0.29) is 0 Å². The van der Waals surface area contributed by atoms with Crippen molar-refractivity contribution in [2.24, 2.45) is 0 Å². The largest absolute Gasteiger partial charge is 0.379 e. The van der Waals surface area contributed by atoms with Gasteiger partial charge in [0, 0.05) is 25.8 Å². The van der Waals surface area contributed by atoms with Gasteiger partial charge in [0.1, 0.15) is 0 Å². The van der Waals surface area contributed by atoms with Crippen LogP contribution in [0.5, 0.6) is 0 Å². The van der Waals surface area contributed by atoms with Crippen molar-refractivity contribution in [1.29, 1.82) is 0 Å². The normalized spacial score (nSPS) is 17.0. The highest BCUT2D eigenvalue weighted by Gasteiger charge is 2.02. The summed E-state index contributed by atoms with van der Waals surface area (Å²) < 4.78 is 7.01. The fraction of sp³-hybridized carbons (Fsp3) is 0.727. The van der Waals surface area contributed by atoms with Gasteiger partial charge in [-0.25, -0.2) is 0 Å². The number of aromatic nitrogens is 2. The van der Waals surface area contributed by atoms with E-state index >= 15 is 0 Å². The van der Waals surface area contributed by atoms with Crippen molar-refractivity contribution in [3.05, 3.63) is 18.0 Å². The number of likely N-dealkylation sites (N-methyl/N-ethyl adjacent to an activating group) is 1. The fourth-order valence-corrected chi connectivity index (χ4v) is 1.29. The summed E-state index contributed by atoms with van der Waals surface area (Å²) >= 11 is 0. The van der Waals surface area contributed by atoms with Crippen LogP contribution in [0.3, 0.4) is 0 Å². The van der Waals surface area contributed by atoms with Gasteiger partial charge in [-0.05, 0) is 26.5 Å². The topological polar surface area (TPSA) is 30.3 Å². The number of morpholine rings is 1. The first-order valence-electron chi connectivity index (χ1n) is 5.47. The zero-order valence-electron chi connectivity index (χ0n) is 9.94. The number of aryl methyl sites for hydroxylation is 2. The van der Waals surface area contributed by atoms with E-state index in [9.17, 15) is 0 Å². The number of hydrogen-bond donors (Lipinski definition) is 0. The molecule has 15 heavy (non-hydrogen) atoms. The molecule has 1 aliphatic rings. The molecule has 1 aromatic heterocycles. The molecule has 0 bridgehead atoms. The van der Waals surface area contributed by atoms with Gasteiger partial charge in [0.05, 0.1) is 19.4 Å². The zero-order chi connectivity index (χ0) is 11.1. The van der Waals surface area contributed by atoms with Crippen molar-refractivity contribution < 1.29 is 4.74 Å². The van der Waals surface area contributed by atoms with Crippen molar-refractivity contribution in [2.45, 2.75) is 20.4 Å². The maximum atomic E-state index is 5.10. The van der Waals surface area contributed by atoms with Gasteiger partial charge in [-0.2, -0.15) is 5.10 Å². The molecule has 0 aliphatic carbocycles. The molecule has 2 heterocycles. The van der Waals surface area contributed by atoms with Crippen molar-refractivity contribution in [1.82, 2.24) is 14.7 Å². The molecule has 0 aromatic carbocycles. The molecule has 1 aromatic rings.